The highest BCUT2D eigenvalue weighted by atomic mass is 35.5. The summed E-state index contributed by atoms with van der Waals surface area (Å²) in [6.07, 6.45) is 0.603. The van der Waals surface area contributed by atoms with Crippen LogP contribution < -0.4 is 4.18 Å². The number of amides is 1. The quantitative estimate of drug-likeness (QED) is 0.370. The Balaban J connectivity index is 1.96. The summed E-state index contributed by atoms with van der Waals surface area (Å²) >= 11 is 6.14. The monoisotopic (exact) mass is 493 g/mol. The van der Waals surface area contributed by atoms with Gasteiger partial charge in [0.1, 0.15) is 22.3 Å². The molecule has 3 rings (SSSR count). The van der Waals surface area contributed by atoms with Crippen molar-refractivity contribution in [2.45, 2.75) is 37.8 Å². The van der Waals surface area contributed by atoms with E-state index >= 15 is 0 Å². The van der Waals surface area contributed by atoms with Crippen molar-refractivity contribution in [3.8, 4) is 5.75 Å². The molecule has 0 heterocycles. The van der Waals surface area contributed by atoms with Crippen LogP contribution in [0.4, 0.5) is 8.78 Å². The molecule has 3 aromatic rings. The zero-order valence-electron chi connectivity index (χ0n) is 18.0. The molecule has 0 bridgehead atoms. The molecule has 0 saturated heterocycles. The number of rotatable bonds is 8. The molecular weight excluding hydrogens is 472 g/mol. The number of nitrogens with zero attached hydrogens (tertiary/aromatic N) is 1. The number of benzene rings is 3. The minimum Gasteiger partial charge on any atom is -0.379 e. The smallest absolute Gasteiger partial charge is 0.339 e. The lowest BCUT2D eigenvalue weighted by Gasteiger charge is -2.29. The molecule has 174 valence electrons. The summed E-state index contributed by atoms with van der Waals surface area (Å²) in [7, 11) is -4.27. The molecule has 0 aromatic heterocycles. The van der Waals surface area contributed by atoms with E-state index in [0.717, 1.165) is 30.3 Å². The first-order chi connectivity index (χ1) is 15.6. The van der Waals surface area contributed by atoms with E-state index in [0.29, 0.717) is 17.0 Å². The van der Waals surface area contributed by atoms with E-state index < -0.39 is 27.7 Å². The largest absolute Gasteiger partial charge is 0.379 e. The van der Waals surface area contributed by atoms with Crippen LogP contribution in [0.15, 0.2) is 71.6 Å². The van der Waals surface area contributed by atoms with Gasteiger partial charge < -0.3 is 9.08 Å². The molecule has 0 radical (unpaired) electrons. The van der Waals surface area contributed by atoms with Crippen molar-refractivity contribution in [2.24, 2.45) is 0 Å². The summed E-state index contributed by atoms with van der Waals surface area (Å²) in [5.74, 6) is -1.57. The van der Waals surface area contributed by atoms with E-state index in [1.807, 2.05) is 13.8 Å². The normalized spacial score (nSPS) is 12.3. The number of hydrogen-bond donors (Lipinski definition) is 0. The van der Waals surface area contributed by atoms with Gasteiger partial charge in [-0.3, -0.25) is 4.79 Å². The second-order valence-corrected chi connectivity index (χ2v) is 9.43. The fourth-order valence-electron chi connectivity index (χ4n) is 3.14. The van der Waals surface area contributed by atoms with Crippen molar-refractivity contribution < 1.29 is 26.2 Å². The minimum absolute atomic E-state index is 0.0240. The summed E-state index contributed by atoms with van der Waals surface area (Å²) in [6, 6.07) is 13.7. The Morgan fingerprint density at radius 1 is 1.03 bits per heavy atom. The predicted octanol–water partition coefficient (Wildman–Crippen LogP) is 5.83. The summed E-state index contributed by atoms with van der Waals surface area (Å²) in [6.45, 7) is 3.70. The molecule has 0 aliphatic carbocycles. The van der Waals surface area contributed by atoms with Crippen molar-refractivity contribution >= 4 is 27.6 Å². The molecule has 1 amide bonds. The van der Waals surface area contributed by atoms with Crippen LogP contribution in [0.2, 0.25) is 5.02 Å². The standard InChI is InChI=1S/C24H22ClF2NO4S/c1-3-16(2)28(24(29)17-5-4-6-21(27)14-17)15-18-13-19(25)7-12-23(18)32-33(30,31)22-10-8-20(26)9-11-22/h4-14,16H,3,15H2,1-2H3. The Kier molecular flexibility index (Phi) is 7.71. The zero-order chi connectivity index (χ0) is 24.2. The Labute approximate surface area is 196 Å². The summed E-state index contributed by atoms with van der Waals surface area (Å²) in [5, 5.41) is 0.318. The number of hydrogen-bond acceptors (Lipinski definition) is 4. The first-order valence-corrected chi connectivity index (χ1v) is 11.9. The van der Waals surface area contributed by atoms with Crippen molar-refractivity contribution in [2.75, 3.05) is 0 Å². The molecule has 0 aliphatic heterocycles. The molecule has 0 saturated carbocycles. The Bertz CT molecular complexity index is 1250. The number of carbonyl (C=O) groups excluding carboxylic acids is 1. The zero-order valence-corrected chi connectivity index (χ0v) is 19.5. The van der Waals surface area contributed by atoms with Gasteiger partial charge in [-0.05, 0) is 74.0 Å². The average molecular weight is 494 g/mol. The van der Waals surface area contributed by atoms with Crippen LogP contribution in [0.3, 0.4) is 0 Å². The molecule has 1 unspecified atom stereocenters. The van der Waals surface area contributed by atoms with Gasteiger partial charge in [0, 0.05) is 22.2 Å². The molecule has 0 fully saturated rings. The summed E-state index contributed by atoms with van der Waals surface area (Å²) < 4.78 is 57.6. The van der Waals surface area contributed by atoms with Gasteiger partial charge in [0.15, 0.2) is 0 Å². The van der Waals surface area contributed by atoms with Gasteiger partial charge in [-0.2, -0.15) is 8.42 Å². The van der Waals surface area contributed by atoms with Gasteiger partial charge in [0.25, 0.3) is 5.91 Å². The van der Waals surface area contributed by atoms with Crippen LogP contribution in [-0.4, -0.2) is 25.3 Å². The molecule has 3 aromatic carbocycles. The highest BCUT2D eigenvalue weighted by molar-refractivity contribution is 7.87. The fourth-order valence-corrected chi connectivity index (χ4v) is 4.30. The highest BCUT2D eigenvalue weighted by Crippen LogP contribution is 2.29. The van der Waals surface area contributed by atoms with Crippen LogP contribution in [0.1, 0.15) is 36.2 Å². The van der Waals surface area contributed by atoms with Crippen molar-refractivity contribution in [3.05, 3.63) is 94.5 Å². The van der Waals surface area contributed by atoms with Crippen molar-refractivity contribution in [1.82, 2.24) is 4.90 Å². The van der Waals surface area contributed by atoms with Gasteiger partial charge in [0.2, 0.25) is 0 Å². The lowest BCUT2D eigenvalue weighted by Crippen LogP contribution is -2.38. The summed E-state index contributed by atoms with van der Waals surface area (Å²) in [4.78, 5) is 14.4. The van der Waals surface area contributed by atoms with E-state index in [9.17, 15) is 22.0 Å². The molecule has 0 spiro atoms. The van der Waals surface area contributed by atoms with Gasteiger partial charge in [-0.15, -0.1) is 0 Å². The van der Waals surface area contributed by atoms with E-state index in [2.05, 4.69) is 0 Å². The van der Waals surface area contributed by atoms with Gasteiger partial charge >= 0.3 is 10.1 Å². The highest BCUT2D eigenvalue weighted by Gasteiger charge is 2.25. The molecule has 9 heteroatoms. The van der Waals surface area contributed by atoms with Crippen molar-refractivity contribution in [3.63, 3.8) is 0 Å². The first-order valence-electron chi connectivity index (χ1n) is 10.2. The molecule has 5 nitrogen and oxygen atoms in total. The second-order valence-electron chi connectivity index (χ2n) is 7.44. The van der Waals surface area contributed by atoms with Crippen LogP contribution >= 0.6 is 11.6 Å². The van der Waals surface area contributed by atoms with E-state index in [4.69, 9.17) is 15.8 Å². The maximum Gasteiger partial charge on any atom is 0.339 e. The fraction of sp³-hybridized carbons (Fsp3) is 0.208. The molecule has 1 atom stereocenters. The molecule has 33 heavy (non-hydrogen) atoms. The molecule has 0 aliphatic rings. The molecule has 0 N–H and O–H groups in total. The third-order valence-electron chi connectivity index (χ3n) is 5.12. The first kappa shape index (κ1) is 24.7. The Hall–Kier alpha value is -2.97. The van der Waals surface area contributed by atoms with Gasteiger partial charge in [-0.1, -0.05) is 24.6 Å². The maximum atomic E-state index is 13.7. The third-order valence-corrected chi connectivity index (χ3v) is 6.60. The van der Waals surface area contributed by atoms with E-state index in [-0.39, 0.29) is 28.8 Å². The van der Waals surface area contributed by atoms with Crippen LogP contribution in [0.5, 0.6) is 5.75 Å². The average Bonchev–Trinajstić information content (AvgIpc) is 2.78. The second kappa shape index (κ2) is 10.3. The van der Waals surface area contributed by atoms with E-state index in [1.54, 1.807) is 0 Å². The van der Waals surface area contributed by atoms with E-state index in [1.165, 1.54) is 41.3 Å². The SMILES string of the molecule is CCC(C)N(Cc1cc(Cl)ccc1OS(=O)(=O)c1ccc(F)cc1)C(=O)c1cccc(F)c1. The predicted molar refractivity (Wildman–Crippen MR) is 122 cm³/mol. The third kappa shape index (κ3) is 6.09. The number of carbonyl (C=O) groups is 1. The minimum atomic E-state index is -4.27. The van der Waals surface area contributed by atoms with Gasteiger partial charge in [0.05, 0.1) is 6.54 Å². The number of halogens is 3. The Morgan fingerprint density at radius 3 is 2.36 bits per heavy atom. The van der Waals surface area contributed by atoms with Crippen molar-refractivity contribution in [1.29, 1.82) is 0 Å². The summed E-state index contributed by atoms with van der Waals surface area (Å²) in [5.41, 5.74) is 0.511. The lowest BCUT2D eigenvalue weighted by molar-refractivity contribution is 0.0670. The Morgan fingerprint density at radius 2 is 1.73 bits per heavy atom. The van der Waals surface area contributed by atoms with Crippen LogP contribution in [-0.2, 0) is 16.7 Å². The topological polar surface area (TPSA) is 63.7 Å². The maximum absolute atomic E-state index is 13.7. The lowest BCUT2D eigenvalue weighted by atomic mass is 10.1. The van der Waals surface area contributed by atoms with Gasteiger partial charge in [-0.25, -0.2) is 8.78 Å². The van der Waals surface area contributed by atoms with Crippen LogP contribution in [0.25, 0.3) is 0 Å². The van der Waals surface area contributed by atoms with Crippen LogP contribution in [0, 0.1) is 11.6 Å². The molecular formula is C24H22ClF2NO4S.